The smallest absolute Gasteiger partial charge is 0.295 e. The van der Waals surface area contributed by atoms with Crippen LogP contribution in [0.2, 0.25) is 10.0 Å². The van der Waals surface area contributed by atoms with E-state index in [9.17, 15) is 14.7 Å². The number of nitrogens with zero attached hydrogens (tertiary/aromatic N) is 1. The molecule has 212 valence electrons. The quantitative estimate of drug-likeness (QED) is 0.0888. The first-order valence-corrected chi connectivity index (χ1v) is 15.5. The van der Waals surface area contributed by atoms with Gasteiger partial charge in [-0.2, -0.15) is 0 Å². The zero-order valence-corrected chi connectivity index (χ0v) is 24.8. The van der Waals surface area contributed by atoms with Gasteiger partial charge >= 0.3 is 0 Å². The molecule has 1 fully saturated rings. The van der Waals surface area contributed by atoms with Crippen LogP contribution in [-0.2, 0) is 9.59 Å². The Morgan fingerprint density at radius 3 is 1.62 bits per heavy atom. The zero-order valence-electron chi connectivity index (χ0n) is 23.3. The first-order chi connectivity index (χ1) is 18.9. The lowest BCUT2D eigenvalue weighted by molar-refractivity contribution is -0.139. The van der Waals surface area contributed by atoms with Gasteiger partial charge in [-0.3, -0.25) is 9.59 Å². The summed E-state index contributed by atoms with van der Waals surface area (Å²) >= 11 is 12.1. The largest absolute Gasteiger partial charge is 0.507 e. The minimum atomic E-state index is -0.659. The molecule has 0 radical (unpaired) electrons. The standard InChI is InChI=1S/C33H43Cl2NO3/c1-2-3-4-5-6-7-8-9-10-11-12-13-14-15-24-36-30(25-16-20-27(34)21-17-25)29(32(38)33(36)39)31(37)26-18-22-28(35)23-19-26/h16-23,30,37H,2-15,24H2,1H3/b31-29+/t30-/m1/s1. The molecule has 1 heterocycles. The summed E-state index contributed by atoms with van der Waals surface area (Å²) in [6, 6.07) is 13.1. The monoisotopic (exact) mass is 571 g/mol. The predicted octanol–water partition coefficient (Wildman–Crippen LogP) is 9.90. The molecule has 6 heteroatoms. The van der Waals surface area contributed by atoms with Crippen molar-refractivity contribution >= 4 is 40.7 Å². The topological polar surface area (TPSA) is 57.6 Å². The lowest BCUT2D eigenvalue weighted by atomic mass is 9.95. The van der Waals surface area contributed by atoms with Crippen molar-refractivity contribution in [3.8, 4) is 0 Å². The van der Waals surface area contributed by atoms with E-state index in [4.69, 9.17) is 23.2 Å². The number of likely N-dealkylation sites (tertiary alicyclic amines) is 1. The van der Waals surface area contributed by atoms with Crippen LogP contribution in [0, 0.1) is 0 Å². The van der Waals surface area contributed by atoms with Gasteiger partial charge in [-0.1, -0.05) is 126 Å². The molecule has 3 rings (SSSR count). The van der Waals surface area contributed by atoms with E-state index < -0.39 is 17.7 Å². The van der Waals surface area contributed by atoms with Gasteiger partial charge in [0.15, 0.2) is 0 Å². The third-order valence-electron chi connectivity index (χ3n) is 7.60. The number of amides is 1. The first-order valence-electron chi connectivity index (χ1n) is 14.7. The van der Waals surface area contributed by atoms with Crippen LogP contribution in [0.4, 0.5) is 0 Å². The number of ketones is 1. The molecule has 0 unspecified atom stereocenters. The summed E-state index contributed by atoms with van der Waals surface area (Å²) < 4.78 is 0. The SMILES string of the molecule is CCCCCCCCCCCCCCCCN1C(=O)C(=O)/C(=C(/O)c2ccc(Cl)cc2)[C@H]1c1ccc(Cl)cc1. The number of carbonyl (C=O) groups is 2. The maximum absolute atomic E-state index is 13.1. The van der Waals surface area contributed by atoms with E-state index in [2.05, 4.69) is 6.92 Å². The number of benzene rings is 2. The number of aliphatic hydroxyl groups excluding tert-OH is 1. The highest BCUT2D eigenvalue weighted by Crippen LogP contribution is 2.40. The molecule has 4 nitrogen and oxygen atoms in total. The Kier molecular flexibility index (Phi) is 13.4. The van der Waals surface area contributed by atoms with Crippen LogP contribution in [0.3, 0.4) is 0 Å². The van der Waals surface area contributed by atoms with Crippen molar-refractivity contribution in [1.82, 2.24) is 4.90 Å². The molecule has 1 aliphatic heterocycles. The van der Waals surface area contributed by atoms with Crippen molar-refractivity contribution in [2.75, 3.05) is 6.54 Å². The maximum Gasteiger partial charge on any atom is 0.295 e. The van der Waals surface area contributed by atoms with Crippen molar-refractivity contribution < 1.29 is 14.7 Å². The molecule has 1 atom stereocenters. The summed E-state index contributed by atoms with van der Waals surface area (Å²) in [6.07, 6.45) is 17.6. The van der Waals surface area contributed by atoms with Gasteiger partial charge in [-0.05, 0) is 48.4 Å². The number of rotatable bonds is 17. The molecule has 0 saturated carbocycles. The fourth-order valence-electron chi connectivity index (χ4n) is 5.34. The second-order valence-electron chi connectivity index (χ2n) is 10.6. The molecule has 1 N–H and O–H groups in total. The highest BCUT2D eigenvalue weighted by atomic mass is 35.5. The third kappa shape index (κ3) is 9.39. The van der Waals surface area contributed by atoms with Gasteiger partial charge in [0.05, 0.1) is 11.6 Å². The molecule has 2 aromatic carbocycles. The van der Waals surface area contributed by atoms with Gasteiger partial charge in [0.2, 0.25) is 0 Å². The second-order valence-corrected chi connectivity index (χ2v) is 11.5. The minimum absolute atomic E-state index is 0.106. The van der Waals surface area contributed by atoms with E-state index in [1.807, 2.05) is 12.1 Å². The lowest BCUT2D eigenvalue weighted by Gasteiger charge is -2.25. The van der Waals surface area contributed by atoms with Crippen molar-refractivity contribution in [1.29, 1.82) is 0 Å². The minimum Gasteiger partial charge on any atom is -0.507 e. The Labute approximate surface area is 244 Å². The maximum atomic E-state index is 13.1. The lowest BCUT2D eigenvalue weighted by Crippen LogP contribution is -2.30. The van der Waals surface area contributed by atoms with E-state index >= 15 is 0 Å². The molecule has 0 spiro atoms. The average molecular weight is 573 g/mol. The molecule has 2 aromatic rings. The molecular weight excluding hydrogens is 529 g/mol. The second kappa shape index (κ2) is 16.7. The van der Waals surface area contributed by atoms with Crippen molar-refractivity contribution in [3.63, 3.8) is 0 Å². The Hall–Kier alpha value is -2.30. The Bertz CT molecular complexity index is 1080. The molecule has 0 aliphatic carbocycles. The first kappa shape index (κ1) is 31.2. The number of carbonyl (C=O) groups excluding carboxylic acids is 2. The van der Waals surface area contributed by atoms with Crippen molar-refractivity contribution in [3.05, 3.63) is 75.3 Å². The van der Waals surface area contributed by atoms with Crippen LogP contribution in [0.15, 0.2) is 54.1 Å². The summed E-state index contributed by atoms with van der Waals surface area (Å²) in [5.74, 6) is -1.42. The predicted molar refractivity (Wildman–Crippen MR) is 162 cm³/mol. The normalized spacial score (nSPS) is 16.8. The zero-order chi connectivity index (χ0) is 28.0. The Morgan fingerprint density at radius 1 is 0.692 bits per heavy atom. The van der Waals surface area contributed by atoms with Crippen LogP contribution in [0.25, 0.3) is 5.76 Å². The van der Waals surface area contributed by atoms with Gasteiger partial charge in [-0.15, -0.1) is 0 Å². The summed E-state index contributed by atoms with van der Waals surface area (Å²) in [5.41, 5.74) is 1.31. The molecule has 0 aromatic heterocycles. The summed E-state index contributed by atoms with van der Waals surface area (Å²) in [4.78, 5) is 27.8. The number of hydrogen-bond acceptors (Lipinski definition) is 3. The van der Waals surface area contributed by atoms with Crippen LogP contribution in [-0.4, -0.2) is 28.2 Å². The molecule has 1 aliphatic rings. The third-order valence-corrected chi connectivity index (χ3v) is 8.10. The van der Waals surface area contributed by atoms with Gasteiger partial charge < -0.3 is 10.0 Å². The number of halogens is 2. The van der Waals surface area contributed by atoms with Crippen LogP contribution in [0.1, 0.15) is 114 Å². The highest BCUT2D eigenvalue weighted by molar-refractivity contribution is 6.46. The molecular formula is C33H43Cl2NO3. The average Bonchev–Trinajstić information content (AvgIpc) is 3.18. The molecule has 1 amide bonds. The number of hydrogen-bond donors (Lipinski definition) is 1. The summed E-state index contributed by atoms with van der Waals surface area (Å²) in [6.45, 7) is 2.72. The molecule has 1 saturated heterocycles. The number of aliphatic hydroxyl groups is 1. The van der Waals surface area contributed by atoms with Crippen molar-refractivity contribution in [2.24, 2.45) is 0 Å². The number of unbranched alkanes of at least 4 members (excludes halogenated alkanes) is 13. The van der Waals surface area contributed by atoms with Crippen molar-refractivity contribution in [2.45, 2.75) is 103 Å². The van der Waals surface area contributed by atoms with Gasteiger partial charge in [0.25, 0.3) is 11.7 Å². The van der Waals surface area contributed by atoms with Gasteiger partial charge in [-0.25, -0.2) is 0 Å². The Morgan fingerprint density at radius 2 is 1.13 bits per heavy atom. The fourth-order valence-corrected chi connectivity index (χ4v) is 5.59. The van der Waals surface area contributed by atoms with E-state index in [0.717, 1.165) is 24.8 Å². The highest BCUT2D eigenvalue weighted by Gasteiger charge is 2.45. The van der Waals surface area contributed by atoms with Crippen LogP contribution >= 0.6 is 23.2 Å². The number of Topliss-reactive ketones (excluding diaryl/α,β-unsaturated/α-hetero) is 1. The fraction of sp³-hybridized carbons (Fsp3) is 0.515. The summed E-state index contributed by atoms with van der Waals surface area (Å²) in [7, 11) is 0. The van der Waals surface area contributed by atoms with Crippen LogP contribution in [0.5, 0.6) is 0 Å². The van der Waals surface area contributed by atoms with Gasteiger partial charge in [0, 0.05) is 22.2 Å². The molecule has 39 heavy (non-hydrogen) atoms. The van der Waals surface area contributed by atoms with E-state index in [1.165, 1.54) is 70.6 Å². The van der Waals surface area contributed by atoms with Crippen LogP contribution < -0.4 is 0 Å². The Balaban J connectivity index is 1.52. The van der Waals surface area contributed by atoms with Gasteiger partial charge in [0.1, 0.15) is 5.76 Å². The summed E-state index contributed by atoms with van der Waals surface area (Å²) in [5, 5.41) is 12.2. The van der Waals surface area contributed by atoms with E-state index in [1.54, 1.807) is 41.3 Å². The van der Waals surface area contributed by atoms with E-state index in [0.29, 0.717) is 22.2 Å². The molecule has 0 bridgehead atoms. The van der Waals surface area contributed by atoms with E-state index in [-0.39, 0.29) is 11.3 Å².